The number of carbonyl (C=O) groups is 1. The average molecular weight is 203 g/mol. The van der Waals surface area contributed by atoms with E-state index in [0.717, 1.165) is 0 Å². The van der Waals surface area contributed by atoms with Crippen LogP contribution >= 0.6 is 0 Å². The van der Waals surface area contributed by atoms with E-state index in [9.17, 15) is 4.79 Å². The molecule has 5 heteroatoms. The number of rotatable bonds is 3. The van der Waals surface area contributed by atoms with E-state index in [0.29, 0.717) is 11.3 Å². The summed E-state index contributed by atoms with van der Waals surface area (Å²) in [7, 11) is 0. The summed E-state index contributed by atoms with van der Waals surface area (Å²) < 4.78 is 4.40. The van der Waals surface area contributed by atoms with Gasteiger partial charge in [-0.1, -0.05) is 35.5 Å². The normalized spacial score (nSPS) is 10.1. The minimum atomic E-state index is -0.0574. The number of carbonyl (C=O) groups excluding carboxylic acids is 1. The fraction of sp³-hybridized carbons (Fsp3) is 0.100. The van der Waals surface area contributed by atoms with Crippen molar-refractivity contribution in [3.63, 3.8) is 0 Å². The van der Waals surface area contributed by atoms with Gasteiger partial charge >= 0.3 is 0 Å². The van der Waals surface area contributed by atoms with E-state index in [2.05, 4.69) is 14.9 Å². The lowest BCUT2D eigenvalue weighted by atomic mass is 10.1. The van der Waals surface area contributed by atoms with Crippen molar-refractivity contribution >= 4 is 11.6 Å². The van der Waals surface area contributed by atoms with Gasteiger partial charge in [0.15, 0.2) is 11.6 Å². The molecule has 0 spiro atoms. The summed E-state index contributed by atoms with van der Waals surface area (Å²) in [6, 6.07) is 8.94. The highest BCUT2D eigenvalue weighted by Gasteiger charge is 2.12. The number of Topliss-reactive ketones (excluding diaryl/α,β-unsaturated/α-hetero) is 1. The van der Waals surface area contributed by atoms with Crippen molar-refractivity contribution in [2.75, 3.05) is 5.73 Å². The van der Waals surface area contributed by atoms with Crippen molar-refractivity contribution in [2.24, 2.45) is 0 Å². The molecular formula is C10H9N3O2. The van der Waals surface area contributed by atoms with E-state index in [1.54, 1.807) is 24.3 Å². The van der Waals surface area contributed by atoms with Gasteiger partial charge in [0.2, 0.25) is 0 Å². The number of aromatic nitrogens is 2. The minimum absolute atomic E-state index is 0.0574. The molecule has 0 saturated carbocycles. The Hall–Kier alpha value is -2.17. The van der Waals surface area contributed by atoms with Gasteiger partial charge < -0.3 is 5.73 Å². The molecule has 0 aliphatic carbocycles. The molecule has 2 aromatic rings. The second kappa shape index (κ2) is 3.91. The largest absolute Gasteiger partial charge is 0.379 e. The lowest BCUT2D eigenvalue weighted by Crippen LogP contribution is -2.05. The van der Waals surface area contributed by atoms with Crippen molar-refractivity contribution in [1.29, 1.82) is 0 Å². The van der Waals surface area contributed by atoms with E-state index in [4.69, 9.17) is 5.73 Å². The van der Waals surface area contributed by atoms with Gasteiger partial charge in [0.05, 0.1) is 6.42 Å². The molecule has 0 bridgehead atoms. The predicted octanol–water partition coefficient (Wildman–Crippen LogP) is 1.08. The lowest BCUT2D eigenvalue weighted by molar-refractivity contribution is 0.0990. The van der Waals surface area contributed by atoms with E-state index in [1.165, 1.54) is 0 Å². The van der Waals surface area contributed by atoms with E-state index in [-0.39, 0.29) is 18.0 Å². The first-order valence-corrected chi connectivity index (χ1v) is 4.42. The minimum Gasteiger partial charge on any atom is -0.379 e. The third-order valence-electron chi connectivity index (χ3n) is 2.01. The van der Waals surface area contributed by atoms with Crippen LogP contribution in [-0.4, -0.2) is 16.1 Å². The van der Waals surface area contributed by atoms with Crippen LogP contribution in [0.3, 0.4) is 0 Å². The van der Waals surface area contributed by atoms with Crippen LogP contribution in [0, 0.1) is 0 Å². The Morgan fingerprint density at radius 3 is 2.60 bits per heavy atom. The maximum Gasteiger partial charge on any atom is 0.191 e. The van der Waals surface area contributed by atoms with Crippen LogP contribution in [0.5, 0.6) is 0 Å². The molecule has 0 unspecified atom stereocenters. The summed E-state index contributed by atoms with van der Waals surface area (Å²) in [6.07, 6.45) is 0.110. The Morgan fingerprint density at radius 2 is 2.00 bits per heavy atom. The van der Waals surface area contributed by atoms with Gasteiger partial charge in [0.1, 0.15) is 5.69 Å². The van der Waals surface area contributed by atoms with Crippen molar-refractivity contribution in [2.45, 2.75) is 6.42 Å². The van der Waals surface area contributed by atoms with Crippen molar-refractivity contribution in [3.8, 4) is 0 Å². The van der Waals surface area contributed by atoms with Crippen LogP contribution in [0.15, 0.2) is 35.0 Å². The Labute approximate surface area is 85.9 Å². The first kappa shape index (κ1) is 9.39. The van der Waals surface area contributed by atoms with Crippen LogP contribution in [0.2, 0.25) is 0 Å². The van der Waals surface area contributed by atoms with Crippen LogP contribution in [0.25, 0.3) is 0 Å². The molecule has 0 saturated heterocycles. The van der Waals surface area contributed by atoms with Gasteiger partial charge in [-0.2, -0.15) is 0 Å². The molecule has 2 N–H and O–H groups in total. The third kappa shape index (κ3) is 2.01. The first-order valence-electron chi connectivity index (χ1n) is 4.42. The van der Waals surface area contributed by atoms with E-state index >= 15 is 0 Å². The lowest BCUT2D eigenvalue weighted by Gasteiger charge is -1.97. The smallest absolute Gasteiger partial charge is 0.191 e. The standard InChI is InChI=1S/C10H9N3O2/c11-10-8(12-15-13-10)6-9(14)7-4-2-1-3-5-7/h1-5H,6H2,(H2,11,13). The van der Waals surface area contributed by atoms with Gasteiger partial charge in [0, 0.05) is 5.56 Å². The number of anilines is 1. The molecule has 0 amide bonds. The Balaban J connectivity index is 2.15. The van der Waals surface area contributed by atoms with E-state index in [1.807, 2.05) is 6.07 Å². The first-order chi connectivity index (χ1) is 7.27. The second-order valence-corrected chi connectivity index (χ2v) is 3.06. The molecule has 0 atom stereocenters. The Kier molecular flexibility index (Phi) is 2.45. The number of nitrogen functional groups attached to an aromatic ring is 1. The van der Waals surface area contributed by atoms with Crippen LogP contribution < -0.4 is 5.73 Å². The summed E-state index contributed by atoms with van der Waals surface area (Å²) in [5, 5.41) is 6.95. The monoisotopic (exact) mass is 203 g/mol. The quantitative estimate of drug-likeness (QED) is 0.754. The number of benzene rings is 1. The molecule has 0 aliphatic heterocycles. The highest BCUT2D eigenvalue weighted by Crippen LogP contribution is 2.09. The molecule has 15 heavy (non-hydrogen) atoms. The highest BCUT2D eigenvalue weighted by molar-refractivity contribution is 5.97. The van der Waals surface area contributed by atoms with Gasteiger partial charge in [0.25, 0.3) is 0 Å². The zero-order valence-electron chi connectivity index (χ0n) is 7.88. The average Bonchev–Trinajstić information content (AvgIpc) is 2.66. The van der Waals surface area contributed by atoms with Gasteiger partial charge in [-0.15, -0.1) is 0 Å². The maximum absolute atomic E-state index is 11.7. The van der Waals surface area contributed by atoms with Gasteiger partial charge in [-0.3, -0.25) is 4.79 Å². The van der Waals surface area contributed by atoms with Crippen LogP contribution in [0.4, 0.5) is 5.82 Å². The molecule has 1 aromatic heterocycles. The number of hydrogen-bond donors (Lipinski definition) is 1. The SMILES string of the molecule is Nc1nonc1CC(=O)c1ccccc1. The molecule has 5 nitrogen and oxygen atoms in total. The summed E-state index contributed by atoms with van der Waals surface area (Å²) in [5.74, 6) is 0.109. The molecule has 2 rings (SSSR count). The van der Waals surface area contributed by atoms with Gasteiger partial charge in [-0.05, 0) is 5.16 Å². The fourth-order valence-electron chi connectivity index (χ4n) is 1.21. The molecule has 0 aliphatic rings. The Morgan fingerprint density at radius 1 is 1.27 bits per heavy atom. The highest BCUT2D eigenvalue weighted by atomic mass is 16.6. The van der Waals surface area contributed by atoms with Crippen LogP contribution in [0.1, 0.15) is 16.1 Å². The zero-order chi connectivity index (χ0) is 10.7. The second-order valence-electron chi connectivity index (χ2n) is 3.06. The fourth-order valence-corrected chi connectivity index (χ4v) is 1.21. The molecule has 76 valence electrons. The summed E-state index contributed by atoms with van der Waals surface area (Å²) in [4.78, 5) is 11.7. The van der Waals surface area contributed by atoms with Crippen LogP contribution in [-0.2, 0) is 6.42 Å². The zero-order valence-corrected chi connectivity index (χ0v) is 7.88. The molecular weight excluding hydrogens is 194 g/mol. The number of hydrogen-bond acceptors (Lipinski definition) is 5. The topological polar surface area (TPSA) is 82.0 Å². The van der Waals surface area contributed by atoms with E-state index < -0.39 is 0 Å². The van der Waals surface area contributed by atoms with Crippen molar-refractivity contribution in [3.05, 3.63) is 41.6 Å². The number of ketones is 1. The third-order valence-corrected chi connectivity index (χ3v) is 2.01. The summed E-state index contributed by atoms with van der Waals surface area (Å²) >= 11 is 0. The predicted molar refractivity (Wildman–Crippen MR) is 53.2 cm³/mol. The summed E-state index contributed by atoms with van der Waals surface area (Å²) in [5.41, 5.74) is 6.45. The summed E-state index contributed by atoms with van der Waals surface area (Å²) in [6.45, 7) is 0. The number of nitrogens with zero attached hydrogens (tertiary/aromatic N) is 2. The molecule has 1 heterocycles. The van der Waals surface area contributed by atoms with Crippen molar-refractivity contribution in [1.82, 2.24) is 10.3 Å². The Bertz CT molecular complexity index is 465. The molecule has 0 radical (unpaired) electrons. The van der Waals surface area contributed by atoms with Crippen molar-refractivity contribution < 1.29 is 9.42 Å². The maximum atomic E-state index is 11.7. The number of nitrogens with two attached hydrogens (primary N) is 1. The van der Waals surface area contributed by atoms with Gasteiger partial charge in [-0.25, -0.2) is 4.63 Å². The molecule has 0 fully saturated rings. The molecule has 1 aromatic carbocycles.